The molecule has 3 aromatic rings. The molecule has 0 atom stereocenters. The van der Waals surface area contributed by atoms with Crippen LogP contribution in [0.2, 0.25) is 10.0 Å². The third-order valence-electron chi connectivity index (χ3n) is 3.92. The van der Waals surface area contributed by atoms with Crippen LogP contribution in [0.15, 0.2) is 82.6 Å². The fourth-order valence-corrected chi connectivity index (χ4v) is 4.10. The lowest BCUT2D eigenvalue weighted by atomic mass is 10.2. The van der Waals surface area contributed by atoms with Gasteiger partial charge in [-0.2, -0.15) is 0 Å². The van der Waals surface area contributed by atoms with Gasteiger partial charge in [0.1, 0.15) is 0 Å². The number of nitrogens with one attached hydrogen (secondary N) is 1. The largest absolute Gasteiger partial charge is 0.348 e. The average Bonchev–Trinajstić information content (AvgIpc) is 2.69. The lowest BCUT2D eigenvalue weighted by Gasteiger charge is -2.08. The van der Waals surface area contributed by atoms with Gasteiger partial charge in [0.2, 0.25) is 9.84 Å². The van der Waals surface area contributed by atoms with Crippen LogP contribution in [0.3, 0.4) is 0 Å². The van der Waals surface area contributed by atoms with Crippen molar-refractivity contribution in [2.45, 2.75) is 16.3 Å². The number of benzene rings is 3. The van der Waals surface area contributed by atoms with E-state index in [1.165, 1.54) is 42.5 Å². The van der Waals surface area contributed by atoms with Crippen molar-refractivity contribution in [3.05, 3.63) is 94.0 Å². The van der Waals surface area contributed by atoms with Crippen LogP contribution in [0.1, 0.15) is 15.9 Å². The molecule has 0 unspecified atom stereocenters. The minimum atomic E-state index is -3.75. The molecule has 0 fully saturated rings. The number of sulfone groups is 1. The second-order valence-electron chi connectivity index (χ2n) is 5.77. The van der Waals surface area contributed by atoms with Gasteiger partial charge in [0.25, 0.3) is 5.91 Å². The maximum Gasteiger partial charge on any atom is 0.251 e. The minimum Gasteiger partial charge on any atom is -0.348 e. The molecule has 0 radical (unpaired) electrons. The van der Waals surface area contributed by atoms with Crippen LogP contribution in [-0.2, 0) is 16.4 Å². The second kappa shape index (κ2) is 8.13. The van der Waals surface area contributed by atoms with E-state index in [1.54, 1.807) is 0 Å². The number of rotatable bonds is 5. The number of halogens is 2. The fraction of sp³-hybridized carbons (Fsp3) is 0.0500. The Hall–Kier alpha value is -2.34. The Morgan fingerprint density at radius 1 is 0.815 bits per heavy atom. The van der Waals surface area contributed by atoms with Gasteiger partial charge < -0.3 is 5.32 Å². The van der Waals surface area contributed by atoms with Gasteiger partial charge >= 0.3 is 0 Å². The van der Waals surface area contributed by atoms with E-state index in [4.69, 9.17) is 23.2 Å². The zero-order valence-electron chi connectivity index (χ0n) is 14.0. The first-order valence-electron chi connectivity index (χ1n) is 8.00. The van der Waals surface area contributed by atoms with E-state index in [2.05, 4.69) is 5.32 Å². The van der Waals surface area contributed by atoms with Crippen LogP contribution in [-0.4, -0.2) is 14.3 Å². The number of carbonyl (C=O) groups excluding carboxylic acids is 1. The Bertz CT molecular complexity index is 1070. The lowest BCUT2D eigenvalue weighted by Crippen LogP contribution is -2.22. The molecule has 0 saturated heterocycles. The van der Waals surface area contributed by atoms with Gasteiger partial charge in [-0.15, -0.1) is 0 Å². The highest BCUT2D eigenvalue weighted by Gasteiger charge is 2.19. The van der Waals surface area contributed by atoms with Crippen molar-refractivity contribution in [1.29, 1.82) is 0 Å². The Morgan fingerprint density at radius 2 is 1.44 bits per heavy atom. The summed E-state index contributed by atoms with van der Waals surface area (Å²) >= 11 is 11.7. The normalized spacial score (nSPS) is 11.2. The predicted octanol–water partition coefficient (Wildman–Crippen LogP) is 4.76. The fourth-order valence-electron chi connectivity index (χ4n) is 2.45. The molecule has 0 spiro atoms. The monoisotopic (exact) mass is 419 g/mol. The molecule has 1 N–H and O–H groups in total. The molecule has 27 heavy (non-hydrogen) atoms. The molecule has 0 aliphatic rings. The van der Waals surface area contributed by atoms with Crippen molar-refractivity contribution >= 4 is 38.9 Å². The topological polar surface area (TPSA) is 63.2 Å². The number of amides is 1. The molecule has 0 saturated carbocycles. The Kier molecular flexibility index (Phi) is 5.85. The molecule has 4 nitrogen and oxygen atoms in total. The Labute approximate surface area is 167 Å². The first kappa shape index (κ1) is 19.4. The van der Waals surface area contributed by atoms with Gasteiger partial charge in [-0.3, -0.25) is 4.79 Å². The molecule has 0 aliphatic heterocycles. The van der Waals surface area contributed by atoms with Gasteiger partial charge in [0, 0.05) is 12.1 Å². The van der Waals surface area contributed by atoms with Crippen LogP contribution in [0, 0.1) is 0 Å². The van der Waals surface area contributed by atoms with Gasteiger partial charge in [-0.1, -0.05) is 53.5 Å². The third kappa shape index (κ3) is 4.50. The van der Waals surface area contributed by atoms with Crippen molar-refractivity contribution < 1.29 is 13.2 Å². The molecule has 0 bridgehead atoms. The molecule has 7 heteroatoms. The third-order valence-corrected chi connectivity index (χ3v) is 6.43. The number of carbonyl (C=O) groups is 1. The quantitative estimate of drug-likeness (QED) is 0.648. The molecule has 0 heterocycles. The average molecular weight is 420 g/mol. The van der Waals surface area contributed by atoms with E-state index < -0.39 is 9.84 Å². The summed E-state index contributed by atoms with van der Waals surface area (Å²) in [5, 5.41) is 3.24. The summed E-state index contributed by atoms with van der Waals surface area (Å²) in [6.45, 7) is 0.392. The highest BCUT2D eigenvalue weighted by Crippen LogP contribution is 2.28. The summed E-state index contributed by atoms with van der Waals surface area (Å²) in [7, 11) is -3.75. The smallest absolute Gasteiger partial charge is 0.251 e. The molecule has 0 aromatic heterocycles. The second-order valence-corrected chi connectivity index (χ2v) is 8.54. The van der Waals surface area contributed by atoms with E-state index in [1.807, 2.05) is 30.3 Å². The van der Waals surface area contributed by atoms with E-state index in [-0.39, 0.29) is 25.7 Å². The number of hydrogen-bond acceptors (Lipinski definition) is 3. The summed E-state index contributed by atoms with van der Waals surface area (Å²) < 4.78 is 25.4. The van der Waals surface area contributed by atoms with E-state index in [0.717, 1.165) is 5.56 Å². The summed E-state index contributed by atoms with van der Waals surface area (Å²) in [6.07, 6.45) is 0. The Morgan fingerprint density at radius 3 is 2.07 bits per heavy atom. The molecule has 1 amide bonds. The lowest BCUT2D eigenvalue weighted by molar-refractivity contribution is 0.0951. The standard InChI is InChI=1S/C20H15Cl2NO3S/c21-18-11-10-17(12-19(18)22)27(25,26)16-8-6-15(7-9-16)20(24)23-13-14-4-2-1-3-5-14/h1-12H,13H2,(H,23,24). The summed E-state index contributed by atoms with van der Waals surface area (Å²) in [5.41, 5.74) is 1.35. The molecule has 0 aliphatic carbocycles. The summed E-state index contributed by atoms with van der Waals surface area (Å²) in [6, 6.07) is 19.4. The summed E-state index contributed by atoms with van der Waals surface area (Å²) in [4.78, 5) is 12.3. The molecular weight excluding hydrogens is 405 g/mol. The highest BCUT2D eigenvalue weighted by atomic mass is 35.5. The van der Waals surface area contributed by atoms with Gasteiger partial charge in [0.15, 0.2) is 0 Å². The van der Waals surface area contributed by atoms with E-state index in [9.17, 15) is 13.2 Å². The van der Waals surface area contributed by atoms with Crippen molar-refractivity contribution in [2.24, 2.45) is 0 Å². The zero-order valence-corrected chi connectivity index (χ0v) is 16.4. The van der Waals surface area contributed by atoms with E-state index >= 15 is 0 Å². The summed E-state index contributed by atoms with van der Waals surface area (Å²) in [5.74, 6) is -0.280. The van der Waals surface area contributed by atoms with Crippen LogP contribution >= 0.6 is 23.2 Å². The van der Waals surface area contributed by atoms with Crippen LogP contribution in [0.4, 0.5) is 0 Å². The van der Waals surface area contributed by atoms with Crippen LogP contribution in [0.5, 0.6) is 0 Å². The van der Waals surface area contributed by atoms with Crippen molar-refractivity contribution in [3.63, 3.8) is 0 Å². The van der Waals surface area contributed by atoms with E-state index in [0.29, 0.717) is 12.1 Å². The highest BCUT2D eigenvalue weighted by molar-refractivity contribution is 7.91. The van der Waals surface area contributed by atoms with Crippen LogP contribution in [0.25, 0.3) is 0 Å². The maximum absolute atomic E-state index is 12.7. The first-order chi connectivity index (χ1) is 12.9. The zero-order chi connectivity index (χ0) is 19.4. The Balaban J connectivity index is 1.76. The SMILES string of the molecule is O=C(NCc1ccccc1)c1ccc(S(=O)(=O)c2ccc(Cl)c(Cl)c2)cc1. The maximum atomic E-state index is 12.7. The molecule has 3 rings (SSSR count). The van der Waals surface area contributed by atoms with Crippen molar-refractivity contribution in [2.75, 3.05) is 0 Å². The molecule has 3 aromatic carbocycles. The number of hydrogen-bond donors (Lipinski definition) is 1. The predicted molar refractivity (Wildman–Crippen MR) is 106 cm³/mol. The van der Waals surface area contributed by atoms with Gasteiger partial charge in [-0.05, 0) is 48.0 Å². The molecular formula is C20H15Cl2NO3S. The minimum absolute atomic E-state index is 0.0400. The first-order valence-corrected chi connectivity index (χ1v) is 10.2. The van der Waals surface area contributed by atoms with Gasteiger partial charge in [-0.25, -0.2) is 8.42 Å². The van der Waals surface area contributed by atoms with Crippen molar-refractivity contribution in [3.8, 4) is 0 Å². The van der Waals surface area contributed by atoms with Gasteiger partial charge in [0.05, 0.1) is 19.8 Å². The van der Waals surface area contributed by atoms with Crippen molar-refractivity contribution in [1.82, 2.24) is 5.32 Å². The molecule has 138 valence electrons. The van der Waals surface area contributed by atoms with Crippen LogP contribution < -0.4 is 5.32 Å².